The third kappa shape index (κ3) is 5.80. The van der Waals surface area contributed by atoms with Crippen molar-refractivity contribution in [2.45, 2.75) is 32.7 Å². The molecule has 1 aliphatic heterocycles. The summed E-state index contributed by atoms with van der Waals surface area (Å²) >= 11 is 1.21. The molecule has 0 fully saturated rings. The second kappa shape index (κ2) is 12.3. The lowest BCUT2D eigenvalue weighted by Crippen LogP contribution is -2.40. The van der Waals surface area contributed by atoms with Gasteiger partial charge in [-0.2, -0.15) is 0 Å². The average molecular weight is 620 g/mol. The lowest BCUT2D eigenvalue weighted by Gasteiger charge is -2.26. The molecule has 9 nitrogen and oxygen atoms in total. The highest BCUT2D eigenvalue weighted by Gasteiger charge is 2.35. The molecule has 0 radical (unpaired) electrons. The first-order valence-electron chi connectivity index (χ1n) is 14.5. The van der Waals surface area contributed by atoms with Crippen molar-refractivity contribution in [2.24, 2.45) is 4.99 Å². The van der Waals surface area contributed by atoms with Crippen LogP contribution in [0, 0.1) is 10.1 Å². The van der Waals surface area contributed by atoms with Gasteiger partial charge in [0, 0.05) is 29.3 Å². The molecule has 0 bridgehead atoms. The highest BCUT2D eigenvalue weighted by molar-refractivity contribution is 7.07. The van der Waals surface area contributed by atoms with Gasteiger partial charge in [-0.1, -0.05) is 79.8 Å². The maximum absolute atomic E-state index is 14.1. The molecular formula is C35H29N3O6S. The van der Waals surface area contributed by atoms with Crippen molar-refractivity contribution in [3.8, 4) is 11.3 Å². The lowest BCUT2D eigenvalue weighted by atomic mass is 9.91. The first-order valence-corrected chi connectivity index (χ1v) is 15.3. The van der Waals surface area contributed by atoms with Crippen LogP contribution in [0.4, 0.5) is 5.69 Å². The van der Waals surface area contributed by atoms with Gasteiger partial charge in [-0.25, -0.2) is 9.79 Å². The molecule has 2 aromatic heterocycles. The molecule has 0 spiro atoms. The lowest BCUT2D eigenvalue weighted by molar-refractivity contribution is -0.384. The highest BCUT2D eigenvalue weighted by Crippen LogP contribution is 2.35. The number of rotatable bonds is 8. The second-order valence-corrected chi connectivity index (χ2v) is 11.8. The van der Waals surface area contributed by atoms with Crippen molar-refractivity contribution in [1.29, 1.82) is 0 Å². The number of carbonyl (C=O) groups is 1. The molecule has 3 aromatic carbocycles. The van der Waals surface area contributed by atoms with Crippen LogP contribution in [-0.4, -0.2) is 22.1 Å². The molecule has 5 aromatic rings. The van der Waals surface area contributed by atoms with Crippen LogP contribution >= 0.6 is 11.3 Å². The van der Waals surface area contributed by atoms with Crippen LogP contribution in [0.15, 0.2) is 111 Å². The van der Waals surface area contributed by atoms with E-state index in [0.29, 0.717) is 38.0 Å². The summed E-state index contributed by atoms with van der Waals surface area (Å²) in [5.41, 5.74) is 3.71. The van der Waals surface area contributed by atoms with E-state index in [-0.39, 0.29) is 23.4 Å². The van der Waals surface area contributed by atoms with Crippen molar-refractivity contribution < 1.29 is 18.9 Å². The Morgan fingerprint density at radius 3 is 2.38 bits per heavy atom. The third-order valence-electron chi connectivity index (χ3n) is 7.56. The minimum Gasteiger partial charge on any atom is -0.463 e. The Labute approximate surface area is 262 Å². The Hall–Kier alpha value is -5.35. The van der Waals surface area contributed by atoms with Gasteiger partial charge in [0.15, 0.2) is 4.80 Å². The van der Waals surface area contributed by atoms with Crippen molar-refractivity contribution in [3.63, 3.8) is 0 Å². The number of nitro benzene ring substituents is 1. The minimum absolute atomic E-state index is 0.0166. The first-order chi connectivity index (χ1) is 21.7. The maximum atomic E-state index is 14.1. The van der Waals surface area contributed by atoms with Gasteiger partial charge in [0.25, 0.3) is 11.2 Å². The summed E-state index contributed by atoms with van der Waals surface area (Å²) in [5.74, 6) is 0.707. The van der Waals surface area contributed by atoms with E-state index < -0.39 is 16.9 Å². The van der Waals surface area contributed by atoms with Crippen LogP contribution in [0.5, 0.6) is 0 Å². The summed E-state index contributed by atoms with van der Waals surface area (Å²) in [4.78, 5) is 43.7. The fourth-order valence-electron chi connectivity index (χ4n) is 5.28. The van der Waals surface area contributed by atoms with Crippen LogP contribution in [0.2, 0.25) is 0 Å². The van der Waals surface area contributed by atoms with Crippen LogP contribution < -0.4 is 14.9 Å². The molecular weight excluding hydrogens is 590 g/mol. The summed E-state index contributed by atoms with van der Waals surface area (Å²) in [6.45, 7) is 6.13. The van der Waals surface area contributed by atoms with E-state index in [4.69, 9.17) is 14.1 Å². The van der Waals surface area contributed by atoms with E-state index >= 15 is 0 Å². The Bertz CT molecular complexity index is 2100. The Morgan fingerprint density at radius 1 is 1.02 bits per heavy atom. The third-order valence-corrected chi connectivity index (χ3v) is 8.54. The summed E-state index contributed by atoms with van der Waals surface area (Å²) in [5, 5.41) is 11.0. The van der Waals surface area contributed by atoms with Gasteiger partial charge in [0.1, 0.15) is 11.5 Å². The van der Waals surface area contributed by atoms with Crippen molar-refractivity contribution in [1.82, 2.24) is 4.57 Å². The van der Waals surface area contributed by atoms with Crippen LogP contribution in [0.1, 0.15) is 55.2 Å². The summed E-state index contributed by atoms with van der Waals surface area (Å²) in [6, 6.07) is 26.1. The van der Waals surface area contributed by atoms with Gasteiger partial charge in [0.2, 0.25) is 0 Å². The number of thiazole rings is 1. The molecule has 1 aliphatic rings. The second-order valence-electron chi connectivity index (χ2n) is 10.8. The minimum atomic E-state index is -0.772. The number of furan rings is 1. The Kier molecular flexibility index (Phi) is 8.14. The average Bonchev–Trinajstić information content (AvgIpc) is 3.64. The van der Waals surface area contributed by atoms with Gasteiger partial charge >= 0.3 is 5.97 Å². The molecule has 0 N–H and O–H groups in total. The number of benzene rings is 3. The van der Waals surface area contributed by atoms with E-state index in [1.807, 2.05) is 54.6 Å². The number of ether oxygens (including phenoxy) is 1. The zero-order chi connectivity index (χ0) is 31.7. The number of fused-ring (bicyclic) bond motifs is 1. The predicted octanol–water partition coefficient (Wildman–Crippen LogP) is 6.23. The zero-order valence-electron chi connectivity index (χ0n) is 24.8. The predicted molar refractivity (Wildman–Crippen MR) is 172 cm³/mol. The van der Waals surface area contributed by atoms with E-state index in [2.05, 4.69) is 13.8 Å². The number of hydrogen-bond acceptors (Lipinski definition) is 8. The number of non-ortho nitro benzene ring substituents is 1. The first kappa shape index (κ1) is 29.7. The molecule has 0 amide bonds. The highest BCUT2D eigenvalue weighted by atomic mass is 32.1. The summed E-state index contributed by atoms with van der Waals surface area (Å²) in [6.07, 6.45) is 1.65. The monoisotopic (exact) mass is 619 g/mol. The molecule has 6 rings (SSSR count). The SMILES string of the molecule is CCOC(=O)C1=C(c2ccccc2)N=c2s/c(=C\c3ccc(-c4ccc([N+](=O)[O-])cc4)o3)c(=O)n2C1c1ccc(C(C)C)cc1. The molecule has 0 saturated carbocycles. The Morgan fingerprint density at radius 2 is 1.73 bits per heavy atom. The van der Waals surface area contributed by atoms with Crippen molar-refractivity contribution >= 4 is 34.8 Å². The maximum Gasteiger partial charge on any atom is 0.338 e. The van der Waals surface area contributed by atoms with Gasteiger partial charge in [-0.15, -0.1) is 0 Å². The molecule has 10 heteroatoms. The van der Waals surface area contributed by atoms with Gasteiger partial charge < -0.3 is 9.15 Å². The van der Waals surface area contributed by atoms with Gasteiger partial charge in [-0.3, -0.25) is 19.5 Å². The topological polar surface area (TPSA) is 117 Å². The van der Waals surface area contributed by atoms with E-state index in [1.54, 1.807) is 41.8 Å². The number of hydrogen-bond donors (Lipinski definition) is 0. The van der Waals surface area contributed by atoms with Crippen LogP contribution in [-0.2, 0) is 9.53 Å². The molecule has 1 atom stereocenters. The number of nitro groups is 1. The van der Waals surface area contributed by atoms with Crippen LogP contribution in [0.3, 0.4) is 0 Å². The van der Waals surface area contributed by atoms with E-state index in [1.165, 1.54) is 23.5 Å². The zero-order valence-corrected chi connectivity index (χ0v) is 25.6. The fraction of sp³-hybridized carbons (Fsp3) is 0.171. The van der Waals surface area contributed by atoms with Crippen molar-refractivity contribution in [2.75, 3.05) is 6.61 Å². The standard InChI is InChI=1S/C35H29N3O6S/c1-4-43-34(40)30-31(24-8-6-5-7-9-24)36-35-37(32(30)25-12-10-22(11-13-25)21(2)3)33(39)29(45-35)20-27-18-19-28(44-27)23-14-16-26(17-15-23)38(41)42/h5-21,32H,4H2,1-3H3/b29-20-. The summed E-state index contributed by atoms with van der Waals surface area (Å²) < 4.78 is 13.5. The van der Waals surface area contributed by atoms with Gasteiger partial charge in [-0.05, 0) is 48.2 Å². The quantitative estimate of drug-likeness (QED) is 0.116. The molecule has 45 heavy (non-hydrogen) atoms. The number of nitrogens with zero attached hydrogens (tertiary/aromatic N) is 3. The molecule has 0 aliphatic carbocycles. The molecule has 0 saturated heterocycles. The number of carbonyl (C=O) groups excluding carboxylic acids is 1. The number of aromatic nitrogens is 1. The number of esters is 1. The molecule has 3 heterocycles. The molecule has 1 unspecified atom stereocenters. The van der Waals surface area contributed by atoms with E-state index in [0.717, 1.165) is 16.7 Å². The van der Waals surface area contributed by atoms with Crippen LogP contribution in [0.25, 0.3) is 23.1 Å². The normalized spacial score (nSPS) is 14.8. The smallest absolute Gasteiger partial charge is 0.338 e. The summed E-state index contributed by atoms with van der Waals surface area (Å²) in [7, 11) is 0. The fourth-order valence-corrected chi connectivity index (χ4v) is 6.26. The molecule has 226 valence electrons. The van der Waals surface area contributed by atoms with Gasteiger partial charge in [0.05, 0.1) is 33.4 Å². The van der Waals surface area contributed by atoms with Crippen molar-refractivity contribution in [3.05, 3.63) is 149 Å². The van der Waals surface area contributed by atoms with E-state index in [9.17, 15) is 19.7 Å². The Balaban J connectivity index is 1.52. The largest absolute Gasteiger partial charge is 0.463 e.